The maximum Gasteiger partial charge on any atom is 0.344 e. The minimum atomic E-state index is -1.06. The van der Waals surface area contributed by atoms with Crippen molar-refractivity contribution < 1.29 is 18.3 Å². The summed E-state index contributed by atoms with van der Waals surface area (Å²) in [6, 6.07) is 11.0. The van der Waals surface area contributed by atoms with Crippen LogP contribution in [-0.4, -0.2) is 11.0 Å². The zero-order valence-electron chi connectivity index (χ0n) is 13.3. The maximum absolute atomic E-state index is 13.5. The normalized spacial score (nSPS) is 10.5. The van der Waals surface area contributed by atoms with E-state index >= 15 is 0 Å². The predicted octanol–water partition coefficient (Wildman–Crippen LogP) is 4.83. The summed E-state index contributed by atoms with van der Waals surface area (Å²) in [5, 5.41) is 5.48. The van der Waals surface area contributed by atoms with Gasteiger partial charge in [-0.1, -0.05) is 23.8 Å². The first-order chi connectivity index (χ1) is 12.0. The monoisotopic (exact) mass is 360 g/mol. The average Bonchev–Trinajstić information content (AvgIpc) is 3.02. The summed E-state index contributed by atoms with van der Waals surface area (Å²) in [5.41, 5.74) is 1.83. The number of nitrogens with zero attached hydrogens (tertiary/aromatic N) is 1. The molecule has 1 N–H and O–H groups in total. The molecule has 0 bridgehead atoms. The summed E-state index contributed by atoms with van der Waals surface area (Å²) in [5.74, 6) is -2.97. The number of benzene rings is 2. The van der Waals surface area contributed by atoms with E-state index in [-0.39, 0.29) is 6.61 Å². The van der Waals surface area contributed by atoms with Crippen LogP contribution in [0.1, 0.15) is 21.6 Å². The van der Waals surface area contributed by atoms with Crippen LogP contribution >= 0.6 is 11.3 Å². The van der Waals surface area contributed by atoms with Crippen LogP contribution in [0.5, 0.6) is 0 Å². The molecule has 0 radical (unpaired) electrons. The average molecular weight is 360 g/mol. The van der Waals surface area contributed by atoms with Crippen molar-refractivity contribution in [2.45, 2.75) is 13.5 Å². The summed E-state index contributed by atoms with van der Waals surface area (Å²) in [6.07, 6.45) is 0. The molecule has 7 heteroatoms. The number of rotatable bonds is 5. The Morgan fingerprint density at radius 3 is 2.52 bits per heavy atom. The number of carbonyl (C=O) groups excluding carboxylic acids is 1. The largest absolute Gasteiger partial charge is 0.455 e. The Morgan fingerprint density at radius 2 is 1.84 bits per heavy atom. The number of aromatic nitrogens is 1. The SMILES string of the molecule is Cc1ccc(Nc2nc(COC(=O)c3c(F)cccc3F)cs2)cc1. The first-order valence-electron chi connectivity index (χ1n) is 7.42. The molecule has 0 unspecified atom stereocenters. The Bertz CT molecular complexity index is 874. The van der Waals surface area contributed by atoms with E-state index in [0.29, 0.717) is 10.8 Å². The van der Waals surface area contributed by atoms with E-state index in [1.54, 1.807) is 5.38 Å². The number of hydrogen-bond donors (Lipinski definition) is 1. The third kappa shape index (κ3) is 4.19. The zero-order valence-corrected chi connectivity index (χ0v) is 14.1. The molecular formula is C18H14F2N2O2S. The maximum atomic E-state index is 13.5. The van der Waals surface area contributed by atoms with Crippen molar-refractivity contribution in [2.75, 3.05) is 5.32 Å². The van der Waals surface area contributed by atoms with Gasteiger partial charge in [0.25, 0.3) is 0 Å². The molecule has 0 saturated heterocycles. The van der Waals surface area contributed by atoms with E-state index in [1.807, 2.05) is 31.2 Å². The van der Waals surface area contributed by atoms with Crippen molar-refractivity contribution in [1.29, 1.82) is 0 Å². The fraction of sp³-hybridized carbons (Fsp3) is 0.111. The van der Waals surface area contributed by atoms with E-state index < -0.39 is 23.2 Å². The number of thiazole rings is 1. The minimum Gasteiger partial charge on any atom is -0.455 e. The van der Waals surface area contributed by atoms with Crippen molar-refractivity contribution in [2.24, 2.45) is 0 Å². The lowest BCUT2D eigenvalue weighted by Gasteiger charge is -2.05. The van der Waals surface area contributed by atoms with Gasteiger partial charge in [-0.3, -0.25) is 0 Å². The molecule has 25 heavy (non-hydrogen) atoms. The molecule has 3 rings (SSSR count). The Kier molecular flexibility index (Phi) is 5.04. The van der Waals surface area contributed by atoms with Crippen LogP contribution in [0, 0.1) is 18.6 Å². The number of hydrogen-bond acceptors (Lipinski definition) is 5. The molecule has 0 aliphatic carbocycles. The van der Waals surface area contributed by atoms with E-state index in [1.165, 1.54) is 17.4 Å². The molecule has 0 spiro atoms. The number of carbonyl (C=O) groups is 1. The lowest BCUT2D eigenvalue weighted by molar-refractivity contribution is 0.0457. The molecule has 128 valence electrons. The molecule has 0 aliphatic heterocycles. The third-order valence-electron chi connectivity index (χ3n) is 3.37. The number of ether oxygens (including phenoxy) is 1. The van der Waals surface area contributed by atoms with Crippen LogP contribution in [0.15, 0.2) is 47.8 Å². The van der Waals surface area contributed by atoms with Crippen molar-refractivity contribution in [3.8, 4) is 0 Å². The molecule has 0 aliphatic rings. The fourth-order valence-corrected chi connectivity index (χ4v) is 2.81. The Labute approximate surface area is 147 Å². The fourth-order valence-electron chi connectivity index (χ4n) is 2.10. The van der Waals surface area contributed by atoms with Crippen LogP contribution < -0.4 is 5.32 Å². The lowest BCUT2D eigenvalue weighted by Crippen LogP contribution is -2.10. The zero-order chi connectivity index (χ0) is 17.8. The summed E-state index contributed by atoms with van der Waals surface area (Å²) in [6.45, 7) is 1.83. The van der Waals surface area contributed by atoms with Crippen molar-refractivity contribution in [3.05, 3.63) is 76.3 Å². The minimum absolute atomic E-state index is 0.168. The first kappa shape index (κ1) is 17.0. The molecule has 0 fully saturated rings. The van der Waals surface area contributed by atoms with Gasteiger partial charge in [0.2, 0.25) is 0 Å². The van der Waals surface area contributed by atoms with Crippen molar-refractivity contribution in [1.82, 2.24) is 4.98 Å². The molecule has 0 amide bonds. The number of nitrogens with one attached hydrogen (secondary N) is 1. The summed E-state index contributed by atoms with van der Waals surface area (Å²) in [4.78, 5) is 16.1. The molecule has 0 saturated carbocycles. The van der Waals surface area contributed by atoms with Gasteiger partial charge in [0.15, 0.2) is 5.13 Å². The van der Waals surface area contributed by atoms with Crippen LogP contribution in [0.25, 0.3) is 0 Å². The van der Waals surface area contributed by atoms with E-state index in [9.17, 15) is 13.6 Å². The van der Waals surface area contributed by atoms with Crippen LogP contribution in [0.3, 0.4) is 0 Å². The first-order valence-corrected chi connectivity index (χ1v) is 8.30. The summed E-state index contributed by atoms with van der Waals surface area (Å²) < 4.78 is 32.0. The van der Waals surface area contributed by atoms with Gasteiger partial charge in [-0.05, 0) is 31.2 Å². The number of anilines is 2. The second-order valence-electron chi connectivity index (χ2n) is 5.31. The highest BCUT2D eigenvalue weighted by Gasteiger charge is 2.18. The van der Waals surface area contributed by atoms with Crippen LogP contribution in [-0.2, 0) is 11.3 Å². The van der Waals surface area contributed by atoms with E-state index in [4.69, 9.17) is 4.74 Å². The van der Waals surface area contributed by atoms with Crippen molar-refractivity contribution in [3.63, 3.8) is 0 Å². The summed E-state index contributed by atoms with van der Waals surface area (Å²) in [7, 11) is 0. The van der Waals surface area contributed by atoms with Gasteiger partial charge in [0, 0.05) is 11.1 Å². The van der Waals surface area contributed by atoms with Crippen LogP contribution in [0.4, 0.5) is 19.6 Å². The standard InChI is InChI=1S/C18H14F2N2O2S/c1-11-5-7-12(8-6-11)21-18-22-13(10-25-18)9-24-17(23)16-14(19)3-2-4-15(16)20/h2-8,10H,9H2,1H3,(H,21,22). The Balaban J connectivity index is 1.62. The number of aryl methyl sites for hydroxylation is 1. The topological polar surface area (TPSA) is 51.2 Å². The number of esters is 1. The Hall–Kier alpha value is -2.80. The predicted molar refractivity (Wildman–Crippen MR) is 92.1 cm³/mol. The van der Waals surface area contributed by atoms with E-state index in [2.05, 4.69) is 10.3 Å². The third-order valence-corrected chi connectivity index (χ3v) is 4.18. The van der Waals surface area contributed by atoms with Gasteiger partial charge in [-0.25, -0.2) is 18.6 Å². The molecule has 2 aromatic carbocycles. The second kappa shape index (κ2) is 7.40. The molecule has 4 nitrogen and oxygen atoms in total. The van der Waals surface area contributed by atoms with Gasteiger partial charge < -0.3 is 10.1 Å². The van der Waals surface area contributed by atoms with Gasteiger partial charge in [0.05, 0.1) is 5.69 Å². The molecule has 1 heterocycles. The second-order valence-corrected chi connectivity index (χ2v) is 6.17. The molecule has 0 atom stereocenters. The molecular weight excluding hydrogens is 346 g/mol. The van der Waals surface area contributed by atoms with Crippen molar-refractivity contribution >= 4 is 28.1 Å². The highest BCUT2D eigenvalue weighted by molar-refractivity contribution is 7.13. The van der Waals surface area contributed by atoms with Gasteiger partial charge >= 0.3 is 5.97 Å². The van der Waals surface area contributed by atoms with Gasteiger partial charge in [0.1, 0.15) is 23.8 Å². The van der Waals surface area contributed by atoms with Crippen LogP contribution in [0.2, 0.25) is 0 Å². The van der Waals surface area contributed by atoms with Gasteiger partial charge in [-0.15, -0.1) is 11.3 Å². The molecule has 3 aromatic rings. The quantitative estimate of drug-likeness (QED) is 0.662. The molecule has 1 aromatic heterocycles. The van der Waals surface area contributed by atoms with Gasteiger partial charge in [-0.2, -0.15) is 0 Å². The Morgan fingerprint density at radius 1 is 1.16 bits per heavy atom. The van der Waals surface area contributed by atoms with E-state index in [0.717, 1.165) is 23.4 Å². The highest BCUT2D eigenvalue weighted by atomic mass is 32.1. The highest BCUT2D eigenvalue weighted by Crippen LogP contribution is 2.22. The lowest BCUT2D eigenvalue weighted by atomic mass is 10.2. The smallest absolute Gasteiger partial charge is 0.344 e. The summed E-state index contributed by atoms with van der Waals surface area (Å²) >= 11 is 1.34. The number of halogens is 2.